The number of likely N-dealkylation sites (N-methyl/N-ethyl adjacent to an activating group) is 1. The number of rotatable bonds is 5. The maximum atomic E-state index is 11.9. The fraction of sp³-hybridized carbons (Fsp3) is 0.533. The van der Waals surface area contributed by atoms with Gasteiger partial charge in [-0.15, -0.1) is 0 Å². The monoisotopic (exact) mass is 246 g/mol. The molecule has 1 N–H and O–H groups in total. The van der Waals surface area contributed by atoms with Gasteiger partial charge in [-0.25, -0.2) is 0 Å². The highest BCUT2D eigenvalue weighted by Gasteiger charge is 2.29. The van der Waals surface area contributed by atoms with Crippen LogP contribution in [0.2, 0.25) is 0 Å². The highest BCUT2D eigenvalue weighted by Crippen LogP contribution is 2.25. The van der Waals surface area contributed by atoms with E-state index in [-0.39, 0.29) is 11.9 Å². The number of hydrogen-bond donors (Lipinski definition) is 1. The third kappa shape index (κ3) is 3.33. The molecule has 1 aliphatic carbocycles. The summed E-state index contributed by atoms with van der Waals surface area (Å²) >= 11 is 0. The van der Waals surface area contributed by atoms with Crippen LogP contribution in [0.1, 0.15) is 36.9 Å². The third-order valence-corrected chi connectivity index (χ3v) is 3.62. The Bertz CT molecular complexity index is 409. The minimum atomic E-state index is 0.191. The largest absolute Gasteiger partial charge is 0.342 e. The van der Waals surface area contributed by atoms with E-state index in [0.717, 1.165) is 12.8 Å². The number of nitrogens with one attached hydrogen (secondary N) is 1. The van der Waals surface area contributed by atoms with Crippen LogP contribution in [0.25, 0.3) is 0 Å². The summed E-state index contributed by atoms with van der Waals surface area (Å²) in [5, 5.41) is 3.29. The zero-order chi connectivity index (χ0) is 13.1. The molecule has 1 amide bonds. The molecule has 0 radical (unpaired) electrons. The topological polar surface area (TPSA) is 32.3 Å². The number of hydrogen-bond acceptors (Lipinski definition) is 2. The standard InChI is InChI=1S/C15H22N2O/c1-11-4-6-13(7-5-11)12(2)16-10-15(18)17(3)14-8-9-14/h4-7,12,14,16H,8-10H2,1-3H3. The normalized spacial score (nSPS) is 16.4. The molecule has 1 saturated carbocycles. The SMILES string of the molecule is Cc1ccc(C(C)NCC(=O)N(C)C2CC2)cc1. The Balaban J connectivity index is 1.82. The molecule has 0 bridgehead atoms. The minimum Gasteiger partial charge on any atom is -0.342 e. The lowest BCUT2D eigenvalue weighted by molar-refractivity contribution is -0.129. The average Bonchev–Trinajstić information content (AvgIpc) is 3.19. The lowest BCUT2D eigenvalue weighted by Gasteiger charge is -2.19. The summed E-state index contributed by atoms with van der Waals surface area (Å²) in [6.45, 7) is 4.59. The van der Waals surface area contributed by atoms with Crippen LogP contribution in [0.15, 0.2) is 24.3 Å². The molecule has 0 aromatic heterocycles. The van der Waals surface area contributed by atoms with E-state index in [1.807, 2.05) is 11.9 Å². The summed E-state index contributed by atoms with van der Waals surface area (Å²) in [7, 11) is 1.90. The highest BCUT2D eigenvalue weighted by atomic mass is 16.2. The van der Waals surface area contributed by atoms with E-state index < -0.39 is 0 Å². The number of carbonyl (C=O) groups excluding carboxylic acids is 1. The average molecular weight is 246 g/mol. The first-order valence-corrected chi connectivity index (χ1v) is 6.63. The van der Waals surface area contributed by atoms with Crippen molar-refractivity contribution in [3.8, 4) is 0 Å². The smallest absolute Gasteiger partial charge is 0.236 e. The van der Waals surface area contributed by atoms with Gasteiger partial charge in [-0.05, 0) is 32.3 Å². The van der Waals surface area contributed by atoms with Crippen LogP contribution < -0.4 is 5.32 Å². The van der Waals surface area contributed by atoms with Crippen LogP contribution in [0.4, 0.5) is 0 Å². The van der Waals surface area contributed by atoms with E-state index in [1.54, 1.807) is 0 Å². The Morgan fingerprint density at radius 3 is 2.56 bits per heavy atom. The van der Waals surface area contributed by atoms with Gasteiger partial charge < -0.3 is 10.2 Å². The second-order valence-electron chi connectivity index (χ2n) is 5.25. The van der Waals surface area contributed by atoms with Crippen molar-refractivity contribution >= 4 is 5.91 Å². The molecule has 18 heavy (non-hydrogen) atoms. The van der Waals surface area contributed by atoms with Crippen LogP contribution in [-0.2, 0) is 4.79 Å². The summed E-state index contributed by atoms with van der Waals surface area (Å²) < 4.78 is 0. The van der Waals surface area contributed by atoms with Gasteiger partial charge in [0.2, 0.25) is 5.91 Å². The highest BCUT2D eigenvalue weighted by molar-refractivity contribution is 5.78. The van der Waals surface area contributed by atoms with Gasteiger partial charge in [0.05, 0.1) is 6.54 Å². The van der Waals surface area contributed by atoms with Crippen LogP contribution in [0.3, 0.4) is 0 Å². The summed E-state index contributed by atoms with van der Waals surface area (Å²) in [4.78, 5) is 13.7. The minimum absolute atomic E-state index is 0.191. The summed E-state index contributed by atoms with van der Waals surface area (Å²) in [5.74, 6) is 0.191. The van der Waals surface area contributed by atoms with Crippen molar-refractivity contribution in [2.45, 2.75) is 38.8 Å². The van der Waals surface area contributed by atoms with Gasteiger partial charge >= 0.3 is 0 Å². The summed E-state index contributed by atoms with van der Waals surface area (Å²) in [6.07, 6.45) is 2.32. The fourth-order valence-electron chi connectivity index (χ4n) is 2.00. The van der Waals surface area contributed by atoms with Crippen molar-refractivity contribution < 1.29 is 4.79 Å². The predicted molar refractivity (Wildman–Crippen MR) is 73.4 cm³/mol. The first-order valence-electron chi connectivity index (χ1n) is 6.63. The molecule has 0 aliphatic heterocycles. The number of amides is 1. The molecule has 0 heterocycles. The quantitative estimate of drug-likeness (QED) is 0.864. The van der Waals surface area contributed by atoms with Gasteiger partial charge in [0, 0.05) is 19.1 Å². The molecule has 1 aromatic rings. The third-order valence-electron chi connectivity index (χ3n) is 3.62. The van der Waals surface area contributed by atoms with Crippen molar-refractivity contribution in [2.75, 3.05) is 13.6 Å². The molecular weight excluding hydrogens is 224 g/mol. The molecule has 1 fully saturated rings. The Morgan fingerprint density at radius 2 is 2.00 bits per heavy atom. The summed E-state index contributed by atoms with van der Waals surface area (Å²) in [5.41, 5.74) is 2.48. The molecule has 1 unspecified atom stereocenters. The number of carbonyl (C=O) groups is 1. The fourth-order valence-corrected chi connectivity index (χ4v) is 2.00. The Morgan fingerprint density at radius 1 is 1.39 bits per heavy atom. The molecule has 0 saturated heterocycles. The Kier molecular flexibility index (Phi) is 4.02. The molecule has 1 aliphatic rings. The second kappa shape index (κ2) is 5.53. The number of aryl methyl sites for hydroxylation is 1. The maximum absolute atomic E-state index is 11.9. The van der Waals surface area contributed by atoms with Crippen molar-refractivity contribution in [3.05, 3.63) is 35.4 Å². The number of nitrogens with zero attached hydrogens (tertiary/aromatic N) is 1. The Labute approximate surface area is 109 Å². The molecular formula is C15H22N2O. The second-order valence-corrected chi connectivity index (χ2v) is 5.25. The van der Waals surface area contributed by atoms with E-state index >= 15 is 0 Å². The molecule has 98 valence electrons. The van der Waals surface area contributed by atoms with E-state index in [1.165, 1.54) is 11.1 Å². The van der Waals surface area contributed by atoms with Gasteiger partial charge in [0.1, 0.15) is 0 Å². The molecule has 2 rings (SSSR count). The van der Waals surface area contributed by atoms with Gasteiger partial charge in [-0.3, -0.25) is 4.79 Å². The van der Waals surface area contributed by atoms with E-state index in [4.69, 9.17) is 0 Å². The van der Waals surface area contributed by atoms with Gasteiger partial charge in [-0.2, -0.15) is 0 Å². The maximum Gasteiger partial charge on any atom is 0.236 e. The molecule has 1 aromatic carbocycles. The summed E-state index contributed by atoms with van der Waals surface area (Å²) in [6, 6.07) is 9.14. The van der Waals surface area contributed by atoms with Crippen LogP contribution in [-0.4, -0.2) is 30.4 Å². The first kappa shape index (κ1) is 13.1. The molecule has 3 heteroatoms. The van der Waals surface area contributed by atoms with Gasteiger partial charge in [-0.1, -0.05) is 29.8 Å². The predicted octanol–water partition coefficient (Wildman–Crippen LogP) is 2.27. The van der Waals surface area contributed by atoms with Gasteiger partial charge in [0.25, 0.3) is 0 Å². The first-order chi connectivity index (χ1) is 8.58. The lowest BCUT2D eigenvalue weighted by atomic mass is 10.1. The zero-order valence-corrected chi connectivity index (χ0v) is 11.4. The zero-order valence-electron chi connectivity index (χ0n) is 11.4. The number of benzene rings is 1. The van der Waals surface area contributed by atoms with Crippen molar-refractivity contribution in [1.82, 2.24) is 10.2 Å². The molecule has 1 atom stereocenters. The van der Waals surface area contributed by atoms with Crippen LogP contribution in [0.5, 0.6) is 0 Å². The van der Waals surface area contributed by atoms with Crippen LogP contribution in [0, 0.1) is 6.92 Å². The Hall–Kier alpha value is -1.35. The van der Waals surface area contributed by atoms with Crippen LogP contribution >= 0.6 is 0 Å². The van der Waals surface area contributed by atoms with Crippen molar-refractivity contribution in [1.29, 1.82) is 0 Å². The van der Waals surface area contributed by atoms with Crippen molar-refractivity contribution in [2.24, 2.45) is 0 Å². The van der Waals surface area contributed by atoms with E-state index in [0.29, 0.717) is 12.6 Å². The van der Waals surface area contributed by atoms with E-state index in [9.17, 15) is 4.79 Å². The van der Waals surface area contributed by atoms with Crippen molar-refractivity contribution in [3.63, 3.8) is 0 Å². The molecule has 0 spiro atoms. The molecule has 3 nitrogen and oxygen atoms in total. The van der Waals surface area contributed by atoms with Gasteiger partial charge in [0.15, 0.2) is 0 Å². The lowest BCUT2D eigenvalue weighted by Crippen LogP contribution is -2.37. The van der Waals surface area contributed by atoms with E-state index in [2.05, 4.69) is 43.4 Å².